The zero-order valence-corrected chi connectivity index (χ0v) is 18.1. The molecule has 1 N–H and O–H groups in total. The first kappa shape index (κ1) is 21.5. The molecular weight excluding hydrogens is 417 g/mol. The van der Waals surface area contributed by atoms with Gasteiger partial charge >= 0.3 is 7.12 Å². The molecule has 1 aliphatic heterocycles. The minimum absolute atomic E-state index is 0.00700. The molecule has 0 saturated carbocycles. The van der Waals surface area contributed by atoms with Crippen molar-refractivity contribution < 1.29 is 27.3 Å². The monoisotopic (exact) mass is 439 g/mol. The van der Waals surface area contributed by atoms with Crippen molar-refractivity contribution in [1.29, 1.82) is 0 Å². The average molecular weight is 439 g/mol. The van der Waals surface area contributed by atoms with Gasteiger partial charge in [0.2, 0.25) is 0 Å². The van der Waals surface area contributed by atoms with Crippen LogP contribution in [0.5, 0.6) is 0 Å². The summed E-state index contributed by atoms with van der Waals surface area (Å²) in [6.45, 7) is 3.59. The molecule has 160 valence electrons. The Labute approximate surface area is 181 Å². The average Bonchev–Trinajstić information content (AvgIpc) is 3.26. The molecule has 0 saturated heterocycles. The third-order valence-corrected chi connectivity index (χ3v) is 6.93. The van der Waals surface area contributed by atoms with Crippen LogP contribution in [0.2, 0.25) is 0 Å². The molecular formula is C22H22BNO6S. The van der Waals surface area contributed by atoms with Gasteiger partial charge in [0.1, 0.15) is 12.0 Å². The molecule has 0 aliphatic carbocycles. The number of Topliss-reactive ketones (excluding diaryl/α,β-unsaturated/α-hetero) is 1. The molecule has 2 heterocycles. The highest BCUT2D eigenvalue weighted by Gasteiger charge is 2.28. The molecule has 9 heteroatoms. The normalized spacial score (nSPS) is 13.5. The summed E-state index contributed by atoms with van der Waals surface area (Å²) in [6.07, 6.45) is 1.94. The van der Waals surface area contributed by atoms with E-state index in [4.69, 9.17) is 9.07 Å². The largest absolute Gasteiger partial charge is 0.491 e. The van der Waals surface area contributed by atoms with Crippen LogP contribution in [0.4, 0.5) is 0 Å². The highest BCUT2D eigenvalue weighted by molar-refractivity contribution is 7.90. The van der Waals surface area contributed by atoms with Gasteiger partial charge in [-0.25, -0.2) is 13.4 Å². The number of benzene rings is 2. The van der Waals surface area contributed by atoms with Crippen molar-refractivity contribution in [3.05, 3.63) is 76.5 Å². The maximum atomic E-state index is 13.3. The van der Waals surface area contributed by atoms with E-state index in [1.165, 1.54) is 13.2 Å². The van der Waals surface area contributed by atoms with Gasteiger partial charge in [0.25, 0.3) is 0 Å². The maximum Gasteiger partial charge on any atom is 0.491 e. The summed E-state index contributed by atoms with van der Waals surface area (Å²) in [5.74, 6) is 0.176. The molecule has 31 heavy (non-hydrogen) atoms. The lowest BCUT2D eigenvalue weighted by molar-refractivity contribution is -0.116. The van der Waals surface area contributed by atoms with Gasteiger partial charge in [0, 0.05) is 6.42 Å². The number of hydrogen-bond acceptors (Lipinski definition) is 7. The lowest BCUT2D eigenvalue weighted by Crippen LogP contribution is -2.28. The van der Waals surface area contributed by atoms with E-state index in [1.807, 2.05) is 0 Å². The Kier molecular flexibility index (Phi) is 5.83. The Morgan fingerprint density at radius 3 is 2.68 bits per heavy atom. The van der Waals surface area contributed by atoms with Crippen molar-refractivity contribution in [3.8, 4) is 0 Å². The molecule has 0 bridgehead atoms. The molecule has 1 aliphatic rings. The number of carbonyl (C=O) groups excluding carboxylic acids is 1. The van der Waals surface area contributed by atoms with Crippen molar-refractivity contribution in [1.82, 2.24) is 4.98 Å². The zero-order valence-electron chi connectivity index (χ0n) is 17.3. The molecule has 0 spiro atoms. The Balaban J connectivity index is 1.69. The number of aromatic nitrogens is 1. The number of sulfone groups is 1. The van der Waals surface area contributed by atoms with Crippen molar-refractivity contribution in [2.75, 3.05) is 0 Å². The minimum Gasteiger partial charge on any atom is -0.448 e. The first-order valence-corrected chi connectivity index (χ1v) is 11.5. The fourth-order valence-corrected chi connectivity index (χ4v) is 5.35. The molecule has 0 radical (unpaired) electrons. The first-order chi connectivity index (χ1) is 14.7. The van der Waals surface area contributed by atoms with Crippen LogP contribution in [-0.4, -0.2) is 31.3 Å². The summed E-state index contributed by atoms with van der Waals surface area (Å²) < 4.78 is 37.3. The number of fused-ring (bicyclic) bond motifs is 1. The Bertz CT molecular complexity index is 1250. The zero-order chi connectivity index (χ0) is 22.2. The number of carbonyl (C=O) groups is 1. The number of oxazole rings is 1. The predicted molar refractivity (Wildman–Crippen MR) is 115 cm³/mol. The SMILES string of the molecule is CC(=O)Cc1ccc(S(=O)(=O)Cc2ccc3c(c2)B(O)OC3)c(Cc2nc(C)co2)c1. The van der Waals surface area contributed by atoms with Crippen LogP contribution in [-0.2, 0) is 44.5 Å². The molecule has 3 aromatic rings. The summed E-state index contributed by atoms with van der Waals surface area (Å²) in [7, 11) is -4.75. The number of ketones is 1. The van der Waals surface area contributed by atoms with Crippen LogP contribution < -0.4 is 5.46 Å². The molecule has 2 aromatic carbocycles. The third kappa shape index (κ3) is 4.79. The highest BCUT2D eigenvalue weighted by Crippen LogP contribution is 2.25. The Hall–Kier alpha value is -2.75. The third-order valence-electron chi connectivity index (χ3n) is 5.15. The highest BCUT2D eigenvalue weighted by atomic mass is 32.2. The second-order valence-electron chi connectivity index (χ2n) is 7.84. The summed E-state index contributed by atoms with van der Waals surface area (Å²) in [5.41, 5.74) is 3.99. The van der Waals surface area contributed by atoms with Crippen LogP contribution in [0.3, 0.4) is 0 Å². The number of nitrogens with zero attached hydrogens (tertiary/aromatic N) is 1. The Morgan fingerprint density at radius 1 is 1.19 bits per heavy atom. The molecule has 4 rings (SSSR count). The quantitative estimate of drug-likeness (QED) is 0.561. The molecule has 1 aromatic heterocycles. The van der Waals surface area contributed by atoms with Crippen molar-refractivity contribution in [2.45, 2.75) is 43.9 Å². The van der Waals surface area contributed by atoms with Gasteiger partial charge in [-0.3, -0.25) is 4.79 Å². The first-order valence-electron chi connectivity index (χ1n) is 9.87. The van der Waals surface area contributed by atoms with Crippen LogP contribution >= 0.6 is 0 Å². The molecule has 0 fully saturated rings. The van der Waals surface area contributed by atoms with Crippen LogP contribution in [0.15, 0.2) is 52.0 Å². The van der Waals surface area contributed by atoms with E-state index < -0.39 is 17.0 Å². The second-order valence-corrected chi connectivity index (χ2v) is 9.79. The van der Waals surface area contributed by atoms with Crippen molar-refractivity contribution >= 4 is 28.2 Å². The standard InChI is InChI=1S/C22H22BNO6S/c1-14-11-29-22(24-14)10-19-8-16(7-15(2)25)4-6-21(19)31(27,28)13-17-3-5-18-12-30-23(26)20(18)9-17/h3-6,8-9,11,26H,7,10,12-13H2,1-2H3. The predicted octanol–water partition coefficient (Wildman–Crippen LogP) is 1.90. The smallest absolute Gasteiger partial charge is 0.448 e. The number of rotatable bonds is 7. The second kappa shape index (κ2) is 8.41. The molecule has 0 atom stereocenters. The van der Waals surface area contributed by atoms with E-state index in [0.717, 1.165) is 11.1 Å². The van der Waals surface area contributed by atoms with E-state index in [2.05, 4.69) is 4.98 Å². The summed E-state index contributed by atoms with van der Waals surface area (Å²) in [4.78, 5) is 16.0. The van der Waals surface area contributed by atoms with Gasteiger partial charge in [-0.2, -0.15) is 0 Å². The fourth-order valence-electron chi connectivity index (χ4n) is 3.77. The van der Waals surface area contributed by atoms with Gasteiger partial charge in [0.05, 0.1) is 29.4 Å². The summed E-state index contributed by atoms with van der Waals surface area (Å²) in [5, 5.41) is 9.92. The van der Waals surface area contributed by atoms with E-state index in [-0.39, 0.29) is 29.3 Å². The lowest BCUT2D eigenvalue weighted by atomic mass is 9.79. The van der Waals surface area contributed by atoms with E-state index in [1.54, 1.807) is 43.3 Å². The van der Waals surface area contributed by atoms with Crippen LogP contribution in [0, 0.1) is 6.92 Å². The topological polar surface area (TPSA) is 107 Å². The van der Waals surface area contributed by atoms with Gasteiger partial charge in [0.15, 0.2) is 15.7 Å². The van der Waals surface area contributed by atoms with Gasteiger partial charge in [-0.05, 0) is 47.6 Å². The maximum absolute atomic E-state index is 13.3. The number of hydrogen-bond donors (Lipinski definition) is 1. The van der Waals surface area contributed by atoms with Gasteiger partial charge < -0.3 is 14.1 Å². The van der Waals surface area contributed by atoms with Crippen molar-refractivity contribution in [2.24, 2.45) is 0 Å². The molecule has 0 amide bonds. The van der Waals surface area contributed by atoms with E-state index >= 15 is 0 Å². The molecule has 7 nitrogen and oxygen atoms in total. The van der Waals surface area contributed by atoms with E-state index in [9.17, 15) is 18.2 Å². The summed E-state index contributed by atoms with van der Waals surface area (Å²) >= 11 is 0. The van der Waals surface area contributed by atoms with Gasteiger partial charge in [-0.1, -0.05) is 30.3 Å². The molecule has 0 unspecified atom stereocenters. The lowest BCUT2D eigenvalue weighted by Gasteiger charge is -2.12. The van der Waals surface area contributed by atoms with E-state index in [0.29, 0.717) is 34.8 Å². The van der Waals surface area contributed by atoms with Crippen LogP contribution in [0.1, 0.15) is 40.8 Å². The van der Waals surface area contributed by atoms with Crippen LogP contribution in [0.25, 0.3) is 0 Å². The van der Waals surface area contributed by atoms with Crippen molar-refractivity contribution in [3.63, 3.8) is 0 Å². The fraction of sp³-hybridized carbons (Fsp3) is 0.273. The number of aryl methyl sites for hydroxylation is 1. The van der Waals surface area contributed by atoms with Gasteiger partial charge in [-0.15, -0.1) is 0 Å². The minimum atomic E-state index is -3.71. The Morgan fingerprint density at radius 2 is 1.97 bits per heavy atom. The summed E-state index contributed by atoms with van der Waals surface area (Å²) in [6, 6.07) is 10.1.